The number of carbonyl (C=O) groups excluding carboxylic acids is 1. The van der Waals surface area contributed by atoms with Crippen molar-refractivity contribution in [1.82, 2.24) is 4.90 Å². The van der Waals surface area contributed by atoms with Crippen LogP contribution in [0.1, 0.15) is 12.8 Å². The number of phenols is 2. The van der Waals surface area contributed by atoms with Crippen molar-refractivity contribution in [3.05, 3.63) is 48.5 Å². The molecule has 1 unspecified atom stereocenters. The number of benzene rings is 2. The number of thioether (sulfide) groups is 2. The van der Waals surface area contributed by atoms with Crippen LogP contribution in [0.25, 0.3) is 0 Å². The Morgan fingerprint density at radius 2 is 1.30 bits per heavy atom. The summed E-state index contributed by atoms with van der Waals surface area (Å²) in [5, 5.41) is 18.8. The second kappa shape index (κ2) is 9.39. The van der Waals surface area contributed by atoms with E-state index in [1.54, 1.807) is 47.8 Å². The molecule has 5 nitrogen and oxygen atoms in total. The number of carbonyl (C=O) groups is 1. The van der Waals surface area contributed by atoms with E-state index in [-0.39, 0.29) is 24.0 Å². The maximum atomic E-state index is 11.6. The van der Waals surface area contributed by atoms with Gasteiger partial charge in [-0.3, -0.25) is 9.69 Å². The molecule has 1 aliphatic rings. The van der Waals surface area contributed by atoms with E-state index < -0.39 is 0 Å². The van der Waals surface area contributed by atoms with Crippen molar-refractivity contribution in [2.45, 2.75) is 34.7 Å². The summed E-state index contributed by atoms with van der Waals surface area (Å²) in [6, 6.07) is 15.0. The smallest absolute Gasteiger partial charge is 0.231 e. The molecule has 0 aromatic heterocycles. The quantitative estimate of drug-likeness (QED) is 0.585. The van der Waals surface area contributed by atoms with Crippen LogP contribution in [0.15, 0.2) is 58.3 Å². The predicted octanol–water partition coefficient (Wildman–Crippen LogP) is 3.30. The molecule has 1 amide bonds. The zero-order chi connectivity index (χ0) is 19.2. The Labute approximate surface area is 167 Å². The van der Waals surface area contributed by atoms with Crippen LogP contribution < -0.4 is 5.73 Å². The minimum Gasteiger partial charge on any atom is -0.508 e. The molecule has 1 aliphatic heterocycles. The number of nitrogens with zero attached hydrogens (tertiary/aromatic N) is 1. The molecule has 1 heterocycles. The van der Waals surface area contributed by atoms with Crippen LogP contribution in [0.5, 0.6) is 11.5 Å². The number of amides is 1. The minimum absolute atomic E-state index is 0.266. The lowest BCUT2D eigenvalue weighted by Crippen LogP contribution is -2.44. The van der Waals surface area contributed by atoms with E-state index in [0.29, 0.717) is 12.1 Å². The van der Waals surface area contributed by atoms with Crippen molar-refractivity contribution in [2.75, 3.05) is 18.1 Å². The lowest BCUT2D eigenvalue weighted by Gasteiger charge is -2.28. The molecule has 2 aromatic rings. The van der Waals surface area contributed by atoms with Gasteiger partial charge in [0.15, 0.2) is 0 Å². The highest BCUT2D eigenvalue weighted by atomic mass is 32.2. The number of aromatic hydroxyl groups is 2. The standard InChI is InChI=1S/C20H24N2O3S2/c21-20(25)11-22-14(12-26-18-7-3-16(23)4-8-18)1-2-15(22)13-27-19-9-5-17(24)6-10-19/h3-10,14-15,23-24H,1-2,11-13H2,(H2,21,25)/t14-,15?/m0/s1. The van der Waals surface area contributed by atoms with E-state index in [1.807, 2.05) is 24.3 Å². The van der Waals surface area contributed by atoms with Crippen LogP contribution in [0.4, 0.5) is 0 Å². The van der Waals surface area contributed by atoms with Gasteiger partial charge >= 0.3 is 0 Å². The van der Waals surface area contributed by atoms with Gasteiger partial charge in [-0.25, -0.2) is 0 Å². The second-order valence-corrected chi connectivity index (χ2v) is 8.82. The lowest BCUT2D eigenvalue weighted by molar-refractivity contribution is -0.119. The topological polar surface area (TPSA) is 86.8 Å². The predicted molar refractivity (Wildman–Crippen MR) is 110 cm³/mol. The molecule has 0 radical (unpaired) electrons. The number of nitrogens with two attached hydrogens (primary N) is 1. The monoisotopic (exact) mass is 404 g/mol. The van der Waals surface area contributed by atoms with E-state index in [1.165, 1.54) is 0 Å². The summed E-state index contributed by atoms with van der Waals surface area (Å²) in [7, 11) is 0. The molecule has 0 spiro atoms. The molecule has 2 aromatic carbocycles. The number of hydrogen-bond acceptors (Lipinski definition) is 6. The molecule has 1 fully saturated rings. The van der Waals surface area contributed by atoms with Gasteiger partial charge in [-0.05, 0) is 61.4 Å². The number of primary amides is 1. The van der Waals surface area contributed by atoms with Crippen LogP contribution in [0.2, 0.25) is 0 Å². The Hall–Kier alpha value is -1.83. The maximum absolute atomic E-state index is 11.6. The fourth-order valence-electron chi connectivity index (χ4n) is 3.28. The van der Waals surface area contributed by atoms with Crippen molar-refractivity contribution >= 4 is 29.4 Å². The third-order valence-corrected chi connectivity index (χ3v) is 6.98. The van der Waals surface area contributed by atoms with E-state index in [4.69, 9.17) is 5.73 Å². The molecule has 1 saturated heterocycles. The van der Waals surface area contributed by atoms with Crippen molar-refractivity contribution in [1.29, 1.82) is 0 Å². The zero-order valence-corrected chi connectivity index (χ0v) is 16.6. The van der Waals surface area contributed by atoms with Crippen molar-refractivity contribution < 1.29 is 15.0 Å². The van der Waals surface area contributed by atoms with E-state index in [9.17, 15) is 15.0 Å². The van der Waals surface area contributed by atoms with E-state index in [2.05, 4.69) is 4.90 Å². The first-order valence-corrected chi connectivity index (χ1v) is 10.9. The summed E-state index contributed by atoms with van der Waals surface area (Å²) in [6.45, 7) is 0.279. The van der Waals surface area contributed by atoms with Crippen LogP contribution in [-0.2, 0) is 4.79 Å². The lowest BCUT2D eigenvalue weighted by atomic mass is 10.2. The molecular formula is C20H24N2O3S2. The summed E-state index contributed by atoms with van der Waals surface area (Å²) in [4.78, 5) is 16.0. The molecule has 0 saturated carbocycles. The highest BCUT2D eigenvalue weighted by Crippen LogP contribution is 2.33. The second-order valence-electron chi connectivity index (χ2n) is 6.63. The Morgan fingerprint density at radius 3 is 1.67 bits per heavy atom. The molecule has 7 heteroatoms. The summed E-state index contributed by atoms with van der Waals surface area (Å²) < 4.78 is 0. The molecule has 2 atom stereocenters. The zero-order valence-electron chi connectivity index (χ0n) is 15.0. The first-order valence-electron chi connectivity index (χ1n) is 8.89. The minimum atomic E-state index is -0.295. The van der Waals surface area contributed by atoms with Crippen LogP contribution in [-0.4, -0.2) is 51.2 Å². The number of phenolic OH excluding ortho intramolecular Hbond substituents is 2. The van der Waals surface area contributed by atoms with Gasteiger partial charge in [-0.15, -0.1) is 23.5 Å². The van der Waals surface area contributed by atoms with Gasteiger partial charge in [0.2, 0.25) is 5.91 Å². The van der Waals surface area contributed by atoms with Crippen LogP contribution in [0, 0.1) is 0 Å². The maximum Gasteiger partial charge on any atom is 0.231 e. The average Bonchev–Trinajstić information content (AvgIpc) is 3.02. The summed E-state index contributed by atoms with van der Waals surface area (Å²) in [5.74, 6) is 2.01. The SMILES string of the molecule is NC(=O)CN1C(CSc2ccc(O)cc2)CC[C@H]1CSc1ccc(O)cc1. The average molecular weight is 405 g/mol. The summed E-state index contributed by atoms with van der Waals surface area (Å²) in [6.07, 6.45) is 2.08. The Bertz CT molecular complexity index is 695. The van der Waals surface area contributed by atoms with E-state index >= 15 is 0 Å². The highest BCUT2D eigenvalue weighted by Gasteiger charge is 2.34. The van der Waals surface area contributed by atoms with Gasteiger partial charge in [-0.1, -0.05) is 0 Å². The fourth-order valence-corrected chi connectivity index (χ4v) is 5.42. The normalized spacial score (nSPS) is 20.0. The first kappa shape index (κ1) is 19.9. The largest absolute Gasteiger partial charge is 0.508 e. The van der Waals surface area contributed by atoms with Gasteiger partial charge in [-0.2, -0.15) is 0 Å². The van der Waals surface area contributed by atoms with Crippen molar-refractivity contribution in [2.24, 2.45) is 5.73 Å². The summed E-state index contributed by atoms with van der Waals surface area (Å²) in [5.41, 5.74) is 5.49. The Kier molecular flexibility index (Phi) is 6.93. The molecule has 0 aliphatic carbocycles. The third kappa shape index (κ3) is 5.82. The summed E-state index contributed by atoms with van der Waals surface area (Å²) >= 11 is 3.47. The van der Waals surface area contributed by atoms with Crippen molar-refractivity contribution in [3.63, 3.8) is 0 Å². The molecule has 3 rings (SSSR count). The molecule has 27 heavy (non-hydrogen) atoms. The fraction of sp³-hybridized carbons (Fsp3) is 0.350. The van der Waals surface area contributed by atoms with E-state index in [0.717, 1.165) is 34.1 Å². The van der Waals surface area contributed by atoms with Crippen LogP contribution >= 0.6 is 23.5 Å². The molecule has 144 valence electrons. The molecule has 4 N–H and O–H groups in total. The van der Waals surface area contributed by atoms with Gasteiger partial charge in [0.05, 0.1) is 6.54 Å². The number of rotatable bonds is 8. The van der Waals surface area contributed by atoms with Crippen molar-refractivity contribution in [3.8, 4) is 11.5 Å². The molecule has 0 bridgehead atoms. The van der Waals surface area contributed by atoms with Gasteiger partial charge < -0.3 is 15.9 Å². The molecular weight excluding hydrogens is 380 g/mol. The van der Waals surface area contributed by atoms with Gasteiger partial charge in [0.25, 0.3) is 0 Å². The van der Waals surface area contributed by atoms with Gasteiger partial charge in [0.1, 0.15) is 11.5 Å². The number of hydrogen-bond donors (Lipinski definition) is 3. The first-order chi connectivity index (χ1) is 13.0. The third-order valence-electron chi connectivity index (χ3n) is 4.67. The van der Waals surface area contributed by atoms with Gasteiger partial charge in [0, 0.05) is 33.4 Å². The number of likely N-dealkylation sites (tertiary alicyclic amines) is 1. The Balaban J connectivity index is 1.58. The Morgan fingerprint density at radius 1 is 0.889 bits per heavy atom. The van der Waals surface area contributed by atoms with Crippen LogP contribution in [0.3, 0.4) is 0 Å². The highest BCUT2D eigenvalue weighted by molar-refractivity contribution is 7.99.